The fourth-order valence-electron chi connectivity index (χ4n) is 2.91. The van der Waals surface area contributed by atoms with Crippen LogP contribution in [0.2, 0.25) is 0 Å². The molecule has 0 radical (unpaired) electrons. The molecule has 0 bridgehead atoms. The van der Waals surface area contributed by atoms with E-state index in [1.54, 1.807) is 6.26 Å². The quantitative estimate of drug-likeness (QED) is 0.757. The number of fused-ring (bicyclic) bond motifs is 1. The van der Waals surface area contributed by atoms with Gasteiger partial charge in [-0.1, -0.05) is 12.1 Å². The summed E-state index contributed by atoms with van der Waals surface area (Å²) in [5.74, 6) is 4.53. The zero-order valence-corrected chi connectivity index (χ0v) is 13.4. The van der Waals surface area contributed by atoms with Crippen molar-refractivity contribution in [3.63, 3.8) is 0 Å². The minimum Gasteiger partial charge on any atom is -0.482 e. The number of furan rings is 1. The van der Waals surface area contributed by atoms with Crippen molar-refractivity contribution < 1.29 is 9.15 Å². The third-order valence-corrected chi connectivity index (χ3v) is 7.00. The number of thioether (sulfide) groups is 2. The molecule has 2 aromatic rings. The highest BCUT2D eigenvalue weighted by atomic mass is 32.2. The fourth-order valence-corrected chi connectivity index (χ4v) is 5.78. The third-order valence-electron chi connectivity index (χ3n) is 3.99. The molecule has 110 valence electrons. The van der Waals surface area contributed by atoms with Gasteiger partial charge in [0.2, 0.25) is 0 Å². The molecule has 1 fully saturated rings. The van der Waals surface area contributed by atoms with E-state index in [1.807, 2.05) is 12.1 Å². The SMILES string of the molecule is c1coc(C2CCc3cc(C4SCCCS4)ccc3O2)c1. The zero-order chi connectivity index (χ0) is 14.1. The van der Waals surface area contributed by atoms with E-state index in [9.17, 15) is 0 Å². The average molecular weight is 318 g/mol. The van der Waals surface area contributed by atoms with Gasteiger partial charge in [0.25, 0.3) is 0 Å². The molecule has 1 aromatic heterocycles. The topological polar surface area (TPSA) is 22.4 Å². The number of rotatable bonds is 2. The van der Waals surface area contributed by atoms with Crippen LogP contribution in [0, 0.1) is 0 Å². The first-order valence-corrected chi connectivity index (χ1v) is 9.56. The summed E-state index contributed by atoms with van der Waals surface area (Å²) in [4.78, 5) is 0. The Hall–Kier alpha value is -1.00. The van der Waals surface area contributed by atoms with Gasteiger partial charge in [-0.15, -0.1) is 23.5 Å². The number of ether oxygens (including phenoxy) is 1. The molecule has 1 aromatic carbocycles. The van der Waals surface area contributed by atoms with E-state index in [2.05, 4.69) is 41.7 Å². The van der Waals surface area contributed by atoms with E-state index >= 15 is 0 Å². The minimum absolute atomic E-state index is 0.0665. The van der Waals surface area contributed by atoms with Crippen LogP contribution in [0.25, 0.3) is 0 Å². The normalized spacial score (nSPS) is 22.6. The molecule has 0 saturated carbocycles. The van der Waals surface area contributed by atoms with Crippen molar-refractivity contribution >= 4 is 23.5 Å². The maximum atomic E-state index is 6.11. The summed E-state index contributed by atoms with van der Waals surface area (Å²) < 4.78 is 12.2. The van der Waals surface area contributed by atoms with Crippen molar-refractivity contribution in [3.05, 3.63) is 53.5 Å². The molecule has 0 amide bonds. The van der Waals surface area contributed by atoms with E-state index in [4.69, 9.17) is 9.15 Å². The fraction of sp³-hybridized carbons (Fsp3) is 0.412. The number of hydrogen-bond donors (Lipinski definition) is 0. The zero-order valence-electron chi connectivity index (χ0n) is 11.8. The highest BCUT2D eigenvalue weighted by Crippen LogP contribution is 2.45. The molecule has 4 rings (SSSR count). The van der Waals surface area contributed by atoms with Crippen LogP contribution in [-0.2, 0) is 6.42 Å². The van der Waals surface area contributed by atoms with Crippen LogP contribution < -0.4 is 4.74 Å². The summed E-state index contributed by atoms with van der Waals surface area (Å²) in [7, 11) is 0. The molecule has 2 aliphatic rings. The van der Waals surface area contributed by atoms with E-state index < -0.39 is 0 Å². The van der Waals surface area contributed by atoms with E-state index in [1.165, 1.54) is 29.1 Å². The predicted octanol–water partition coefficient (Wildman–Crippen LogP) is 5.21. The average Bonchev–Trinajstić information content (AvgIpc) is 3.09. The van der Waals surface area contributed by atoms with E-state index in [0.29, 0.717) is 4.58 Å². The van der Waals surface area contributed by atoms with Gasteiger partial charge < -0.3 is 9.15 Å². The highest BCUT2D eigenvalue weighted by Gasteiger charge is 2.25. The van der Waals surface area contributed by atoms with Crippen LogP contribution in [0.1, 0.15) is 40.4 Å². The summed E-state index contributed by atoms with van der Waals surface area (Å²) in [5, 5.41) is 0. The summed E-state index contributed by atoms with van der Waals surface area (Å²) in [6.45, 7) is 0. The smallest absolute Gasteiger partial charge is 0.156 e. The molecule has 3 heterocycles. The first kappa shape index (κ1) is 13.6. The molecular weight excluding hydrogens is 300 g/mol. The second-order valence-corrected chi connectivity index (χ2v) is 8.18. The van der Waals surface area contributed by atoms with Gasteiger partial charge in [-0.3, -0.25) is 0 Å². The van der Waals surface area contributed by atoms with Gasteiger partial charge in [-0.25, -0.2) is 0 Å². The standard InChI is InChI=1S/C17H18O2S2/c1-3-15(18-8-1)16-7-4-12-11-13(5-6-14(12)19-16)17-20-9-2-10-21-17/h1,3,5-6,8,11,16-17H,2,4,7,9-10H2. The molecule has 4 heteroatoms. The van der Waals surface area contributed by atoms with Crippen LogP contribution >= 0.6 is 23.5 Å². The van der Waals surface area contributed by atoms with Crippen molar-refractivity contribution in [1.29, 1.82) is 0 Å². The Kier molecular flexibility index (Phi) is 3.91. The molecule has 21 heavy (non-hydrogen) atoms. The first-order chi connectivity index (χ1) is 10.4. The lowest BCUT2D eigenvalue weighted by Crippen LogP contribution is -2.15. The second-order valence-electron chi connectivity index (χ2n) is 5.45. The van der Waals surface area contributed by atoms with Gasteiger partial charge in [0, 0.05) is 0 Å². The van der Waals surface area contributed by atoms with Crippen LogP contribution in [-0.4, -0.2) is 11.5 Å². The largest absolute Gasteiger partial charge is 0.482 e. The summed E-state index contributed by atoms with van der Waals surface area (Å²) in [6.07, 6.45) is 5.18. The van der Waals surface area contributed by atoms with Crippen molar-refractivity contribution in [2.75, 3.05) is 11.5 Å². The van der Waals surface area contributed by atoms with Gasteiger partial charge >= 0.3 is 0 Å². The Morgan fingerprint density at radius 1 is 1.10 bits per heavy atom. The van der Waals surface area contributed by atoms with Crippen LogP contribution in [0.3, 0.4) is 0 Å². The maximum absolute atomic E-state index is 6.11. The van der Waals surface area contributed by atoms with Crippen molar-refractivity contribution in [1.82, 2.24) is 0 Å². The lowest BCUT2D eigenvalue weighted by Gasteiger charge is -2.27. The van der Waals surface area contributed by atoms with Gasteiger partial charge in [-0.2, -0.15) is 0 Å². The lowest BCUT2D eigenvalue weighted by atomic mass is 9.99. The van der Waals surface area contributed by atoms with Crippen molar-refractivity contribution in [3.8, 4) is 5.75 Å². The lowest BCUT2D eigenvalue weighted by molar-refractivity contribution is 0.150. The van der Waals surface area contributed by atoms with Gasteiger partial charge in [0.05, 0.1) is 10.8 Å². The Bertz CT molecular complexity index is 603. The maximum Gasteiger partial charge on any atom is 0.156 e. The third kappa shape index (κ3) is 2.84. The van der Waals surface area contributed by atoms with Crippen molar-refractivity contribution in [2.24, 2.45) is 0 Å². The van der Waals surface area contributed by atoms with Gasteiger partial charge in [0.15, 0.2) is 6.10 Å². The number of aryl methyl sites for hydroxylation is 1. The van der Waals surface area contributed by atoms with Crippen LogP contribution in [0.5, 0.6) is 5.75 Å². The summed E-state index contributed by atoms with van der Waals surface area (Å²) in [6, 6.07) is 10.7. The molecular formula is C17H18O2S2. The summed E-state index contributed by atoms with van der Waals surface area (Å²) in [5.41, 5.74) is 2.80. The molecule has 2 nitrogen and oxygen atoms in total. The molecule has 1 saturated heterocycles. The minimum atomic E-state index is 0.0665. The Balaban J connectivity index is 1.54. The summed E-state index contributed by atoms with van der Waals surface area (Å²) >= 11 is 4.15. The van der Waals surface area contributed by atoms with E-state index in [0.717, 1.165) is 24.4 Å². The highest BCUT2D eigenvalue weighted by molar-refractivity contribution is 8.16. The molecule has 1 unspecified atom stereocenters. The van der Waals surface area contributed by atoms with E-state index in [-0.39, 0.29) is 6.10 Å². The molecule has 1 atom stereocenters. The first-order valence-electron chi connectivity index (χ1n) is 7.46. The molecule has 0 N–H and O–H groups in total. The predicted molar refractivity (Wildman–Crippen MR) is 89.1 cm³/mol. The van der Waals surface area contributed by atoms with Crippen LogP contribution in [0.4, 0.5) is 0 Å². The molecule has 0 aliphatic carbocycles. The van der Waals surface area contributed by atoms with Crippen LogP contribution in [0.15, 0.2) is 41.0 Å². The second kappa shape index (κ2) is 6.01. The molecule has 0 spiro atoms. The van der Waals surface area contributed by atoms with Gasteiger partial charge in [0.1, 0.15) is 11.5 Å². The molecule has 2 aliphatic heterocycles. The number of hydrogen-bond acceptors (Lipinski definition) is 4. The number of benzene rings is 1. The van der Waals surface area contributed by atoms with Gasteiger partial charge in [-0.05, 0) is 60.1 Å². The Morgan fingerprint density at radius 2 is 2.00 bits per heavy atom. The monoisotopic (exact) mass is 318 g/mol. The Labute approximate surface area is 133 Å². The van der Waals surface area contributed by atoms with Crippen molar-refractivity contribution in [2.45, 2.75) is 29.9 Å². The Morgan fingerprint density at radius 3 is 2.81 bits per heavy atom.